The van der Waals surface area contributed by atoms with Crippen molar-refractivity contribution in [2.75, 3.05) is 26.3 Å². The third kappa shape index (κ3) is 1.81. The number of fused-ring (bicyclic) bond motifs is 1. The fourth-order valence-electron chi connectivity index (χ4n) is 2.10. The number of rotatable bonds is 1. The highest BCUT2D eigenvalue weighted by atomic mass is 16.5. The van der Waals surface area contributed by atoms with Crippen LogP contribution in [-0.4, -0.2) is 42.7 Å². The van der Waals surface area contributed by atoms with Crippen LogP contribution >= 0.6 is 0 Å². The highest BCUT2D eigenvalue weighted by Crippen LogP contribution is 2.24. The van der Waals surface area contributed by atoms with Gasteiger partial charge in [0.2, 0.25) is 0 Å². The van der Waals surface area contributed by atoms with Crippen molar-refractivity contribution in [3.63, 3.8) is 0 Å². The highest BCUT2D eigenvalue weighted by molar-refractivity contribution is 5.66. The standard InChI is InChI=1S/C12H15N3O/c1-2-4-12-11(3-1)9-15(10-13-12)14-5-7-16-8-6-14/h1-4,10H,5-9H2. The molecule has 0 unspecified atom stereocenters. The lowest BCUT2D eigenvalue weighted by atomic mass is 10.1. The van der Waals surface area contributed by atoms with Crippen LogP contribution in [0, 0.1) is 0 Å². The van der Waals surface area contributed by atoms with Crippen LogP contribution in [0.4, 0.5) is 5.69 Å². The maximum atomic E-state index is 5.35. The summed E-state index contributed by atoms with van der Waals surface area (Å²) < 4.78 is 5.35. The van der Waals surface area contributed by atoms with Gasteiger partial charge in [0.15, 0.2) is 0 Å². The number of benzene rings is 1. The molecule has 0 atom stereocenters. The average Bonchev–Trinajstić information content (AvgIpc) is 2.39. The molecule has 0 bridgehead atoms. The molecule has 2 aliphatic heterocycles. The summed E-state index contributed by atoms with van der Waals surface area (Å²) in [5.74, 6) is 0. The Balaban J connectivity index is 1.77. The van der Waals surface area contributed by atoms with Gasteiger partial charge in [-0.25, -0.2) is 10.0 Å². The summed E-state index contributed by atoms with van der Waals surface area (Å²) in [7, 11) is 0. The summed E-state index contributed by atoms with van der Waals surface area (Å²) in [6, 6.07) is 8.29. The fourth-order valence-corrected chi connectivity index (χ4v) is 2.10. The van der Waals surface area contributed by atoms with Gasteiger partial charge in [0.25, 0.3) is 0 Å². The van der Waals surface area contributed by atoms with E-state index in [1.54, 1.807) is 0 Å². The van der Waals surface area contributed by atoms with Gasteiger partial charge in [-0.05, 0) is 11.6 Å². The topological polar surface area (TPSA) is 28.1 Å². The van der Waals surface area contributed by atoms with E-state index < -0.39 is 0 Å². The van der Waals surface area contributed by atoms with Gasteiger partial charge in [-0.15, -0.1) is 0 Å². The van der Waals surface area contributed by atoms with Crippen molar-refractivity contribution in [3.05, 3.63) is 29.8 Å². The Labute approximate surface area is 95.1 Å². The Kier molecular flexibility index (Phi) is 2.60. The smallest absolute Gasteiger partial charge is 0.106 e. The van der Waals surface area contributed by atoms with Gasteiger partial charge in [0.1, 0.15) is 6.34 Å². The first-order valence-corrected chi connectivity index (χ1v) is 5.65. The molecule has 0 aliphatic carbocycles. The lowest BCUT2D eigenvalue weighted by Crippen LogP contribution is -2.48. The molecule has 0 radical (unpaired) electrons. The zero-order valence-electron chi connectivity index (χ0n) is 9.17. The Morgan fingerprint density at radius 3 is 2.81 bits per heavy atom. The molecular formula is C12H15N3O. The number of nitrogens with zero attached hydrogens (tertiary/aromatic N) is 3. The van der Waals surface area contributed by atoms with Crippen molar-refractivity contribution in [2.24, 2.45) is 4.99 Å². The fraction of sp³-hybridized carbons (Fsp3) is 0.417. The Morgan fingerprint density at radius 1 is 1.12 bits per heavy atom. The molecule has 0 saturated carbocycles. The molecule has 4 nitrogen and oxygen atoms in total. The second-order valence-corrected chi connectivity index (χ2v) is 4.04. The van der Waals surface area contributed by atoms with Crippen molar-refractivity contribution >= 4 is 12.0 Å². The molecule has 1 aromatic carbocycles. The SMILES string of the molecule is C1=Nc2ccccc2CN1N1CCOCC1. The molecular weight excluding hydrogens is 202 g/mol. The lowest BCUT2D eigenvalue weighted by molar-refractivity contribution is -0.0518. The van der Waals surface area contributed by atoms with Gasteiger partial charge < -0.3 is 4.74 Å². The summed E-state index contributed by atoms with van der Waals surface area (Å²) in [6.07, 6.45) is 1.92. The summed E-state index contributed by atoms with van der Waals surface area (Å²) in [6.45, 7) is 4.44. The van der Waals surface area contributed by atoms with E-state index in [0.717, 1.165) is 38.5 Å². The molecule has 16 heavy (non-hydrogen) atoms. The first-order valence-electron chi connectivity index (χ1n) is 5.65. The number of aliphatic imine (C=N–C) groups is 1. The maximum absolute atomic E-state index is 5.35. The second kappa shape index (κ2) is 4.23. The van der Waals surface area contributed by atoms with Crippen molar-refractivity contribution in [3.8, 4) is 0 Å². The molecule has 1 fully saturated rings. The first kappa shape index (κ1) is 9.81. The number of hydrogen-bond acceptors (Lipinski definition) is 4. The van der Waals surface area contributed by atoms with E-state index >= 15 is 0 Å². The molecule has 0 N–H and O–H groups in total. The molecule has 84 valence electrons. The van der Waals surface area contributed by atoms with Gasteiger partial charge in [0, 0.05) is 13.1 Å². The van der Waals surface area contributed by atoms with Crippen LogP contribution in [-0.2, 0) is 11.3 Å². The van der Waals surface area contributed by atoms with Crippen LogP contribution in [0.5, 0.6) is 0 Å². The zero-order chi connectivity index (χ0) is 10.8. The largest absolute Gasteiger partial charge is 0.379 e. The minimum atomic E-state index is 0.811. The molecule has 4 heteroatoms. The number of hydrogen-bond donors (Lipinski definition) is 0. The van der Waals surface area contributed by atoms with Crippen molar-refractivity contribution < 1.29 is 4.74 Å². The van der Waals surface area contributed by atoms with E-state index in [9.17, 15) is 0 Å². The van der Waals surface area contributed by atoms with Crippen molar-refractivity contribution in [1.82, 2.24) is 10.0 Å². The van der Waals surface area contributed by atoms with Gasteiger partial charge in [-0.1, -0.05) is 18.2 Å². The van der Waals surface area contributed by atoms with E-state index in [1.807, 2.05) is 12.4 Å². The highest BCUT2D eigenvalue weighted by Gasteiger charge is 2.19. The quantitative estimate of drug-likeness (QED) is 0.712. The number of hydrazine groups is 1. The van der Waals surface area contributed by atoms with Gasteiger partial charge in [-0.2, -0.15) is 0 Å². The Hall–Kier alpha value is -1.39. The minimum absolute atomic E-state index is 0.811. The lowest BCUT2D eigenvalue weighted by Gasteiger charge is -2.37. The number of ether oxygens (including phenoxy) is 1. The molecule has 3 rings (SSSR count). The number of para-hydroxylation sites is 1. The van der Waals surface area contributed by atoms with Gasteiger partial charge >= 0.3 is 0 Å². The molecule has 0 amide bonds. The van der Waals surface area contributed by atoms with E-state index in [1.165, 1.54) is 5.56 Å². The molecule has 0 spiro atoms. The van der Waals surface area contributed by atoms with Crippen molar-refractivity contribution in [2.45, 2.75) is 6.54 Å². The van der Waals surface area contributed by atoms with E-state index in [-0.39, 0.29) is 0 Å². The Bertz CT molecular complexity index is 399. The van der Waals surface area contributed by atoms with Crippen LogP contribution in [0.15, 0.2) is 29.3 Å². The monoisotopic (exact) mass is 217 g/mol. The summed E-state index contributed by atoms with van der Waals surface area (Å²) in [5, 5.41) is 4.48. The van der Waals surface area contributed by atoms with Crippen LogP contribution in [0.3, 0.4) is 0 Å². The van der Waals surface area contributed by atoms with E-state index in [2.05, 4.69) is 33.2 Å². The molecule has 0 aromatic heterocycles. The van der Waals surface area contributed by atoms with Crippen molar-refractivity contribution in [1.29, 1.82) is 0 Å². The van der Waals surface area contributed by atoms with Crippen LogP contribution in [0.25, 0.3) is 0 Å². The third-order valence-electron chi connectivity index (χ3n) is 3.00. The summed E-state index contributed by atoms with van der Waals surface area (Å²) >= 11 is 0. The summed E-state index contributed by atoms with van der Waals surface area (Å²) in [4.78, 5) is 4.47. The van der Waals surface area contributed by atoms with Crippen LogP contribution in [0.1, 0.15) is 5.56 Å². The van der Waals surface area contributed by atoms with Gasteiger partial charge in [-0.3, -0.25) is 5.01 Å². The van der Waals surface area contributed by atoms with Crippen LogP contribution in [0.2, 0.25) is 0 Å². The third-order valence-corrected chi connectivity index (χ3v) is 3.00. The first-order chi connectivity index (χ1) is 7.93. The van der Waals surface area contributed by atoms with Gasteiger partial charge in [0.05, 0.1) is 25.4 Å². The zero-order valence-corrected chi connectivity index (χ0v) is 9.17. The minimum Gasteiger partial charge on any atom is -0.379 e. The summed E-state index contributed by atoms with van der Waals surface area (Å²) in [5.41, 5.74) is 2.38. The second-order valence-electron chi connectivity index (χ2n) is 4.04. The molecule has 1 aromatic rings. The number of morpholine rings is 1. The average molecular weight is 217 g/mol. The van der Waals surface area contributed by atoms with E-state index in [4.69, 9.17) is 4.74 Å². The normalized spacial score (nSPS) is 20.9. The maximum Gasteiger partial charge on any atom is 0.106 e. The predicted octanol–water partition coefficient (Wildman–Crippen LogP) is 1.41. The Morgan fingerprint density at radius 2 is 1.94 bits per heavy atom. The van der Waals surface area contributed by atoms with Crippen LogP contribution < -0.4 is 0 Å². The molecule has 2 aliphatic rings. The molecule has 2 heterocycles. The molecule has 1 saturated heterocycles. The predicted molar refractivity (Wildman–Crippen MR) is 62.5 cm³/mol. The van der Waals surface area contributed by atoms with E-state index in [0.29, 0.717) is 0 Å².